The molecule has 0 rings (SSSR count). The van der Waals surface area contributed by atoms with Crippen molar-refractivity contribution in [2.75, 3.05) is 13.1 Å². The molecule has 2 atom stereocenters. The summed E-state index contributed by atoms with van der Waals surface area (Å²) >= 11 is 0. The van der Waals surface area contributed by atoms with Crippen LogP contribution in [0.4, 0.5) is 0 Å². The van der Waals surface area contributed by atoms with E-state index in [0.717, 1.165) is 6.42 Å². The lowest BCUT2D eigenvalue weighted by molar-refractivity contribution is -0.128. The maximum Gasteiger partial charge on any atom is 0.239 e. The third kappa shape index (κ3) is 6.52. The average Bonchev–Trinajstić information content (AvgIpc) is 2.31. The van der Waals surface area contributed by atoms with Crippen molar-refractivity contribution in [2.24, 2.45) is 17.4 Å². The van der Waals surface area contributed by atoms with Gasteiger partial charge in [0.05, 0.1) is 19.1 Å². The molecule has 0 aliphatic heterocycles. The predicted octanol–water partition coefficient (Wildman–Crippen LogP) is -1.92. The van der Waals surface area contributed by atoms with Crippen molar-refractivity contribution >= 4 is 17.7 Å². The second kappa shape index (κ2) is 7.61. The summed E-state index contributed by atoms with van der Waals surface area (Å²) in [5.41, 5.74) is 10.5. The zero-order valence-corrected chi connectivity index (χ0v) is 10.2. The molecule has 0 radical (unpaired) electrons. The molecule has 0 aliphatic carbocycles. The van der Waals surface area contributed by atoms with E-state index in [1.54, 1.807) is 0 Å². The summed E-state index contributed by atoms with van der Waals surface area (Å²) in [5.74, 6) is -1.45. The predicted molar refractivity (Wildman–Crippen MR) is 62.6 cm³/mol. The van der Waals surface area contributed by atoms with Gasteiger partial charge in [-0.25, -0.2) is 0 Å². The van der Waals surface area contributed by atoms with E-state index in [1.165, 1.54) is 0 Å². The van der Waals surface area contributed by atoms with Crippen LogP contribution in [0.15, 0.2) is 0 Å². The molecule has 7 nitrogen and oxygen atoms in total. The van der Waals surface area contributed by atoms with Gasteiger partial charge in [0.15, 0.2) is 0 Å². The highest BCUT2D eigenvalue weighted by Crippen LogP contribution is 2.04. The van der Waals surface area contributed by atoms with Crippen LogP contribution in [0.2, 0.25) is 0 Å². The lowest BCUT2D eigenvalue weighted by Gasteiger charge is -2.17. The quantitative estimate of drug-likeness (QED) is 0.416. The molecule has 3 amide bonds. The summed E-state index contributed by atoms with van der Waals surface area (Å²) in [6, 6.07) is -0.635. The van der Waals surface area contributed by atoms with Gasteiger partial charge in [0.2, 0.25) is 17.7 Å². The molecule has 0 saturated carbocycles. The maximum atomic E-state index is 11.5. The van der Waals surface area contributed by atoms with Gasteiger partial charge in [-0.05, 0) is 5.92 Å². The molecular weight excluding hydrogens is 224 g/mol. The summed E-state index contributed by atoms with van der Waals surface area (Å²) in [4.78, 5) is 33.0. The highest BCUT2D eigenvalue weighted by molar-refractivity contribution is 5.89. The minimum Gasteiger partial charge on any atom is -0.368 e. The van der Waals surface area contributed by atoms with Crippen molar-refractivity contribution in [2.45, 2.75) is 26.3 Å². The van der Waals surface area contributed by atoms with Crippen LogP contribution in [0.5, 0.6) is 0 Å². The molecule has 0 heterocycles. The van der Waals surface area contributed by atoms with Crippen molar-refractivity contribution < 1.29 is 14.4 Å². The fourth-order valence-corrected chi connectivity index (χ4v) is 1.05. The normalized spacial score (nSPS) is 13.6. The van der Waals surface area contributed by atoms with E-state index in [-0.39, 0.29) is 24.9 Å². The summed E-state index contributed by atoms with van der Waals surface area (Å²) in [5, 5.41) is 4.64. The molecule has 0 unspecified atom stereocenters. The van der Waals surface area contributed by atoms with Crippen LogP contribution in [0, 0.1) is 5.92 Å². The van der Waals surface area contributed by atoms with E-state index in [9.17, 15) is 14.4 Å². The number of nitrogens with one attached hydrogen (secondary N) is 2. The smallest absolute Gasteiger partial charge is 0.239 e. The van der Waals surface area contributed by atoms with Crippen LogP contribution in [0.25, 0.3) is 0 Å². The Balaban J connectivity index is 3.91. The average molecular weight is 244 g/mol. The minimum absolute atomic E-state index is 0.0451. The molecule has 0 aromatic rings. The molecule has 0 aliphatic rings. The van der Waals surface area contributed by atoms with Crippen LogP contribution >= 0.6 is 0 Å². The number of hydrogen-bond donors (Lipinski definition) is 4. The van der Waals surface area contributed by atoms with Crippen LogP contribution in [0.1, 0.15) is 20.3 Å². The van der Waals surface area contributed by atoms with Gasteiger partial charge < -0.3 is 22.1 Å². The molecule has 0 aromatic carbocycles. The van der Waals surface area contributed by atoms with Crippen LogP contribution in [-0.4, -0.2) is 36.9 Å². The zero-order valence-electron chi connectivity index (χ0n) is 10.2. The molecule has 0 saturated heterocycles. The summed E-state index contributed by atoms with van der Waals surface area (Å²) in [6.45, 7) is 3.33. The Labute approximate surface area is 100 Å². The number of carbonyl (C=O) groups excluding carboxylic acids is 3. The molecule has 0 fully saturated rings. The Hall–Kier alpha value is -1.63. The standard InChI is InChI=1S/C10H20N4O3/c1-3-6(2)9(12)10(17)14-5-8(16)13-4-7(11)15/h6,9H,3-5,12H2,1-2H3,(H2,11,15)(H,13,16)(H,14,17)/t6-,9-/m0/s1. The van der Waals surface area contributed by atoms with E-state index < -0.39 is 17.9 Å². The zero-order chi connectivity index (χ0) is 13.4. The van der Waals surface area contributed by atoms with Crippen LogP contribution in [0.3, 0.4) is 0 Å². The second-order valence-electron chi connectivity index (χ2n) is 3.87. The van der Waals surface area contributed by atoms with Gasteiger partial charge in [0, 0.05) is 0 Å². The summed E-state index contributed by atoms with van der Waals surface area (Å²) < 4.78 is 0. The Morgan fingerprint density at radius 1 is 1.18 bits per heavy atom. The third-order valence-electron chi connectivity index (χ3n) is 2.44. The first kappa shape index (κ1) is 15.4. The van der Waals surface area contributed by atoms with E-state index in [1.807, 2.05) is 13.8 Å². The third-order valence-corrected chi connectivity index (χ3v) is 2.44. The molecule has 6 N–H and O–H groups in total. The Bertz CT molecular complexity index is 293. The molecule has 0 spiro atoms. The molecule has 17 heavy (non-hydrogen) atoms. The van der Waals surface area contributed by atoms with E-state index >= 15 is 0 Å². The fourth-order valence-electron chi connectivity index (χ4n) is 1.05. The van der Waals surface area contributed by atoms with Gasteiger partial charge in [-0.2, -0.15) is 0 Å². The Kier molecular flexibility index (Phi) is 6.88. The van der Waals surface area contributed by atoms with Crippen LogP contribution < -0.4 is 22.1 Å². The first-order valence-corrected chi connectivity index (χ1v) is 5.46. The lowest BCUT2D eigenvalue weighted by atomic mass is 9.99. The minimum atomic E-state index is -0.638. The molecule has 0 aromatic heterocycles. The first-order valence-electron chi connectivity index (χ1n) is 5.46. The number of nitrogens with two attached hydrogens (primary N) is 2. The van der Waals surface area contributed by atoms with Crippen molar-refractivity contribution in [3.63, 3.8) is 0 Å². The molecule has 98 valence electrons. The summed E-state index contributed by atoms with van der Waals surface area (Å²) in [6.07, 6.45) is 0.780. The fraction of sp³-hybridized carbons (Fsp3) is 0.700. The lowest BCUT2D eigenvalue weighted by Crippen LogP contribution is -2.48. The van der Waals surface area contributed by atoms with E-state index in [4.69, 9.17) is 11.5 Å². The summed E-state index contributed by atoms with van der Waals surface area (Å²) in [7, 11) is 0. The largest absolute Gasteiger partial charge is 0.368 e. The van der Waals surface area contributed by atoms with E-state index in [2.05, 4.69) is 10.6 Å². The number of primary amides is 1. The van der Waals surface area contributed by atoms with Crippen molar-refractivity contribution in [3.8, 4) is 0 Å². The SMILES string of the molecule is CC[C@H](C)[C@H](N)C(=O)NCC(=O)NCC(N)=O. The van der Waals surface area contributed by atoms with Crippen LogP contribution in [-0.2, 0) is 14.4 Å². The van der Waals surface area contributed by atoms with Gasteiger partial charge in [-0.15, -0.1) is 0 Å². The second-order valence-corrected chi connectivity index (χ2v) is 3.87. The highest BCUT2D eigenvalue weighted by Gasteiger charge is 2.19. The first-order chi connectivity index (χ1) is 7.88. The van der Waals surface area contributed by atoms with Gasteiger partial charge >= 0.3 is 0 Å². The number of carbonyl (C=O) groups is 3. The Morgan fingerprint density at radius 2 is 1.76 bits per heavy atom. The number of rotatable bonds is 7. The van der Waals surface area contributed by atoms with Crippen molar-refractivity contribution in [3.05, 3.63) is 0 Å². The number of hydrogen-bond acceptors (Lipinski definition) is 4. The molecule has 0 bridgehead atoms. The van der Waals surface area contributed by atoms with Crippen molar-refractivity contribution in [1.82, 2.24) is 10.6 Å². The highest BCUT2D eigenvalue weighted by atomic mass is 16.2. The maximum absolute atomic E-state index is 11.5. The molecular formula is C10H20N4O3. The van der Waals surface area contributed by atoms with Gasteiger partial charge in [0.1, 0.15) is 0 Å². The monoisotopic (exact) mass is 244 g/mol. The van der Waals surface area contributed by atoms with Crippen molar-refractivity contribution in [1.29, 1.82) is 0 Å². The van der Waals surface area contributed by atoms with Gasteiger partial charge in [-0.3, -0.25) is 14.4 Å². The topological polar surface area (TPSA) is 127 Å². The van der Waals surface area contributed by atoms with Gasteiger partial charge in [0.25, 0.3) is 0 Å². The molecule has 7 heteroatoms. The number of amides is 3. The van der Waals surface area contributed by atoms with Gasteiger partial charge in [-0.1, -0.05) is 20.3 Å². The van der Waals surface area contributed by atoms with E-state index in [0.29, 0.717) is 0 Å². The Morgan fingerprint density at radius 3 is 2.24 bits per heavy atom.